The zero-order chi connectivity index (χ0) is 23.4. The number of benzene rings is 3. The van der Waals surface area contributed by atoms with Crippen molar-refractivity contribution < 1.29 is 28.5 Å². The summed E-state index contributed by atoms with van der Waals surface area (Å²) >= 11 is 0. The summed E-state index contributed by atoms with van der Waals surface area (Å²) in [5, 5.41) is 9.79. The molecule has 0 unspecified atom stereocenters. The predicted octanol–water partition coefficient (Wildman–Crippen LogP) is 5.26. The highest BCUT2D eigenvalue weighted by Gasteiger charge is 2.30. The van der Waals surface area contributed by atoms with E-state index in [1.165, 1.54) is 18.2 Å². The van der Waals surface area contributed by atoms with Gasteiger partial charge in [-0.3, -0.25) is 4.79 Å². The molecule has 3 aromatic rings. The fraction of sp³-hybridized carbons (Fsp3) is 0.296. The van der Waals surface area contributed by atoms with E-state index in [9.17, 15) is 14.3 Å². The summed E-state index contributed by atoms with van der Waals surface area (Å²) in [6.07, 6.45) is 1.50. The van der Waals surface area contributed by atoms with Crippen LogP contribution in [0.15, 0.2) is 60.7 Å². The summed E-state index contributed by atoms with van der Waals surface area (Å²) in [6.45, 7) is 3.75. The van der Waals surface area contributed by atoms with Crippen molar-refractivity contribution in [1.82, 2.24) is 0 Å². The SMILES string of the molecule is CC1(C)CCc2c(ccc(CO)c2OCC(=O)c2ccc(F)cc2OCc2ccccc2)O1. The van der Waals surface area contributed by atoms with Crippen LogP contribution in [0.4, 0.5) is 4.39 Å². The van der Waals surface area contributed by atoms with E-state index in [1.54, 1.807) is 6.07 Å². The number of aliphatic hydroxyl groups excluding tert-OH is 1. The third-order valence-electron chi connectivity index (χ3n) is 5.66. The largest absolute Gasteiger partial charge is 0.488 e. The Morgan fingerprint density at radius 3 is 2.64 bits per heavy atom. The Bertz CT molecular complexity index is 1140. The van der Waals surface area contributed by atoms with E-state index < -0.39 is 5.82 Å². The van der Waals surface area contributed by atoms with E-state index >= 15 is 0 Å². The monoisotopic (exact) mass is 450 g/mol. The molecule has 0 bridgehead atoms. The normalized spacial score (nSPS) is 14.2. The van der Waals surface area contributed by atoms with Crippen molar-refractivity contribution in [2.24, 2.45) is 0 Å². The fourth-order valence-corrected chi connectivity index (χ4v) is 3.87. The molecule has 1 N–H and O–H groups in total. The molecule has 172 valence electrons. The zero-order valence-electron chi connectivity index (χ0n) is 18.8. The van der Waals surface area contributed by atoms with Crippen LogP contribution >= 0.6 is 0 Å². The van der Waals surface area contributed by atoms with Crippen LogP contribution in [0.3, 0.4) is 0 Å². The molecule has 0 spiro atoms. The quantitative estimate of drug-likeness (QED) is 0.474. The first kappa shape index (κ1) is 22.8. The van der Waals surface area contributed by atoms with Gasteiger partial charge in [0.05, 0.1) is 12.2 Å². The van der Waals surface area contributed by atoms with Crippen LogP contribution < -0.4 is 14.2 Å². The molecule has 1 aliphatic rings. The zero-order valence-corrected chi connectivity index (χ0v) is 18.8. The Hall–Kier alpha value is -3.38. The molecule has 0 aliphatic carbocycles. The molecular weight excluding hydrogens is 423 g/mol. The van der Waals surface area contributed by atoms with Gasteiger partial charge in [-0.2, -0.15) is 0 Å². The minimum atomic E-state index is -0.491. The van der Waals surface area contributed by atoms with Gasteiger partial charge in [0.1, 0.15) is 35.3 Å². The number of Topliss-reactive ketones (excluding diaryl/α,β-unsaturated/α-hetero) is 1. The highest BCUT2D eigenvalue weighted by molar-refractivity contribution is 5.99. The number of ketones is 1. The lowest BCUT2D eigenvalue weighted by Crippen LogP contribution is -2.33. The Morgan fingerprint density at radius 2 is 1.88 bits per heavy atom. The van der Waals surface area contributed by atoms with Crippen LogP contribution in [0.2, 0.25) is 0 Å². The van der Waals surface area contributed by atoms with Gasteiger partial charge < -0.3 is 19.3 Å². The first-order valence-electron chi connectivity index (χ1n) is 10.9. The molecule has 0 amide bonds. The van der Waals surface area contributed by atoms with Gasteiger partial charge in [0, 0.05) is 17.2 Å². The van der Waals surface area contributed by atoms with Gasteiger partial charge in [0.25, 0.3) is 0 Å². The van der Waals surface area contributed by atoms with Gasteiger partial charge in [0.2, 0.25) is 5.78 Å². The second kappa shape index (κ2) is 9.63. The van der Waals surface area contributed by atoms with Crippen LogP contribution in [0.1, 0.15) is 47.3 Å². The number of carbonyl (C=O) groups is 1. The molecule has 1 aliphatic heterocycles. The van der Waals surface area contributed by atoms with Crippen LogP contribution in [-0.2, 0) is 19.6 Å². The average Bonchev–Trinajstić information content (AvgIpc) is 2.81. The van der Waals surface area contributed by atoms with E-state index in [0.29, 0.717) is 23.5 Å². The number of ether oxygens (including phenoxy) is 3. The van der Waals surface area contributed by atoms with E-state index in [4.69, 9.17) is 14.2 Å². The van der Waals surface area contributed by atoms with Gasteiger partial charge in [-0.05, 0) is 56.5 Å². The Kier molecular flexibility index (Phi) is 6.65. The standard InChI is InChI=1S/C27H27FO5/c1-27(2)13-12-22-24(33-27)11-8-19(15-29)26(22)32-17-23(30)21-10-9-20(28)14-25(21)31-16-18-6-4-3-5-7-18/h3-11,14,29H,12-13,15-17H2,1-2H3. The lowest BCUT2D eigenvalue weighted by atomic mass is 9.92. The minimum absolute atomic E-state index is 0.162. The Balaban J connectivity index is 1.53. The topological polar surface area (TPSA) is 65.0 Å². The van der Waals surface area contributed by atoms with Crippen LogP contribution in [0, 0.1) is 5.82 Å². The smallest absolute Gasteiger partial charge is 0.203 e. The summed E-state index contributed by atoms with van der Waals surface area (Å²) in [5.41, 5.74) is 2.28. The Labute approximate surface area is 192 Å². The molecule has 0 saturated heterocycles. The molecule has 6 heteroatoms. The van der Waals surface area contributed by atoms with E-state index in [1.807, 2.05) is 50.2 Å². The molecule has 0 radical (unpaired) electrons. The molecule has 0 fully saturated rings. The van der Waals surface area contributed by atoms with Crippen molar-refractivity contribution in [3.05, 3.63) is 88.7 Å². The molecular formula is C27H27FO5. The number of carbonyl (C=O) groups excluding carboxylic acids is 1. The lowest BCUT2D eigenvalue weighted by molar-refractivity contribution is 0.0812. The minimum Gasteiger partial charge on any atom is -0.488 e. The molecule has 5 nitrogen and oxygen atoms in total. The number of rotatable bonds is 8. The molecule has 0 aromatic heterocycles. The van der Waals surface area contributed by atoms with Crippen LogP contribution in [-0.4, -0.2) is 23.1 Å². The van der Waals surface area contributed by atoms with Crippen molar-refractivity contribution in [3.8, 4) is 17.2 Å². The van der Waals surface area contributed by atoms with Gasteiger partial charge in [-0.25, -0.2) is 4.39 Å². The summed E-state index contributed by atoms with van der Waals surface area (Å²) in [4.78, 5) is 13.0. The first-order chi connectivity index (χ1) is 15.9. The Morgan fingerprint density at radius 1 is 1.09 bits per heavy atom. The maximum atomic E-state index is 13.9. The highest BCUT2D eigenvalue weighted by atomic mass is 19.1. The predicted molar refractivity (Wildman–Crippen MR) is 122 cm³/mol. The van der Waals surface area contributed by atoms with Crippen molar-refractivity contribution >= 4 is 5.78 Å². The highest BCUT2D eigenvalue weighted by Crippen LogP contribution is 2.40. The second-order valence-electron chi connectivity index (χ2n) is 8.68. The third kappa shape index (κ3) is 5.34. The van der Waals surface area contributed by atoms with Crippen molar-refractivity contribution in [2.45, 2.75) is 45.5 Å². The average molecular weight is 451 g/mol. The second-order valence-corrected chi connectivity index (χ2v) is 8.68. The molecule has 3 aromatic carbocycles. The van der Waals surface area contributed by atoms with Gasteiger partial charge in [0.15, 0.2) is 6.61 Å². The number of hydrogen-bond acceptors (Lipinski definition) is 5. The fourth-order valence-electron chi connectivity index (χ4n) is 3.87. The summed E-state index contributed by atoms with van der Waals surface area (Å²) in [7, 11) is 0. The van der Waals surface area contributed by atoms with Crippen LogP contribution in [0.5, 0.6) is 17.2 Å². The van der Waals surface area contributed by atoms with Gasteiger partial charge >= 0.3 is 0 Å². The molecule has 1 heterocycles. The van der Waals surface area contributed by atoms with Gasteiger partial charge in [-0.1, -0.05) is 30.3 Å². The molecule has 0 saturated carbocycles. The summed E-state index contributed by atoms with van der Waals surface area (Å²) in [6, 6.07) is 16.8. The molecule has 4 rings (SSSR count). The van der Waals surface area contributed by atoms with Crippen molar-refractivity contribution in [3.63, 3.8) is 0 Å². The summed E-state index contributed by atoms with van der Waals surface area (Å²) < 4.78 is 31.6. The van der Waals surface area contributed by atoms with Crippen LogP contribution in [0.25, 0.3) is 0 Å². The maximum Gasteiger partial charge on any atom is 0.203 e. The van der Waals surface area contributed by atoms with Gasteiger partial charge in [-0.15, -0.1) is 0 Å². The van der Waals surface area contributed by atoms with E-state index in [0.717, 1.165) is 17.5 Å². The number of halogens is 1. The molecule has 33 heavy (non-hydrogen) atoms. The molecule has 0 atom stereocenters. The number of hydrogen-bond donors (Lipinski definition) is 1. The van der Waals surface area contributed by atoms with Crippen molar-refractivity contribution in [1.29, 1.82) is 0 Å². The maximum absolute atomic E-state index is 13.9. The first-order valence-corrected chi connectivity index (χ1v) is 10.9. The number of aliphatic hydroxyl groups is 1. The van der Waals surface area contributed by atoms with Crippen molar-refractivity contribution in [2.75, 3.05) is 6.61 Å². The van der Waals surface area contributed by atoms with E-state index in [2.05, 4.69) is 0 Å². The van der Waals surface area contributed by atoms with E-state index in [-0.39, 0.29) is 42.5 Å². The third-order valence-corrected chi connectivity index (χ3v) is 5.66. The number of fused-ring (bicyclic) bond motifs is 1. The summed E-state index contributed by atoms with van der Waals surface area (Å²) in [5.74, 6) is 0.480. The lowest BCUT2D eigenvalue weighted by Gasteiger charge is -2.33.